The van der Waals surface area contributed by atoms with Gasteiger partial charge in [0.2, 0.25) is 0 Å². The van der Waals surface area contributed by atoms with Crippen LogP contribution in [0.3, 0.4) is 0 Å². The highest BCUT2D eigenvalue weighted by Crippen LogP contribution is 2.20. The first-order valence-corrected chi connectivity index (χ1v) is 10.9. The Kier molecular flexibility index (Phi) is 6.10. The number of aromatic nitrogens is 2. The van der Waals surface area contributed by atoms with Gasteiger partial charge in [-0.2, -0.15) is 0 Å². The van der Waals surface area contributed by atoms with Crippen molar-refractivity contribution in [2.75, 3.05) is 5.75 Å². The van der Waals surface area contributed by atoms with Crippen molar-refractivity contribution in [2.24, 2.45) is 0 Å². The largest absolute Gasteiger partial charge is 0.293 e. The van der Waals surface area contributed by atoms with E-state index in [4.69, 9.17) is 4.98 Å². The zero-order valence-corrected chi connectivity index (χ0v) is 17.6. The number of para-hydroxylation sites is 1. The molecule has 0 atom stereocenters. The van der Waals surface area contributed by atoms with Gasteiger partial charge in [-0.3, -0.25) is 14.2 Å². The molecule has 0 unspecified atom stereocenters. The highest BCUT2D eigenvalue weighted by atomic mass is 32.2. The topological polar surface area (TPSA) is 52.0 Å². The average molecular weight is 415 g/mol. The third-order valence-electron chi connectivity index (χ3n) is 5.03. The van der Waals surface area contributed by atoms with Crippen LogP contribution >= 0.6 is 11.8 Å². The summed E-state index contributed by atoms with van der Waals surface area (Å²) >= 11 is 1.31. The van der Waals surface area contributed by atoms with Crippen LogP contribution < -0.4 is 5.56 Å². The number of hydrogen-bond acceptors (Lipinski definition) is 4. The predicted octanol–water partition coefficient (Wildman–Crippen LogP) is 4.98. The van der Waals surface area contributed by atoms with E-state index in [0.29, 0.717) is 28.2 Å². The lowest BCUT2D eigenvalue weighted by atomic mass is 10.1. The quantitative estimate of drug-likeness (QED) is 0.243. The first-order valence-electron chi connectivity index (χ1n) is 9.94. The second kappa shape index (κ2) is 9.09. The molecule has 1 heterocycles. The molecule has 0 amide bonds. The molecule has 0 saturated heterocycles. The van der Waals surface area contributed by atoms with Gasteiger partial charge in [0.15, 0.2) is 10.9 Å². The summed E-state index contributed by atoms with van der Waals surface area (Å²) < 4.78 is 1.66. The van der Waals surface area contributed by atoms with Gasteiger partial charge in [-0.05, 0) is 29.7 Å². The first-order chi connectivity index (χ1) is 14.7. The van der Waals surface area contributed by atoms with E-state index < -0.39 is 0 Å². The highest BCUT2D eigenvalue weighted by molar-refractivity contribution is 7.99. The maximum atomic E-state index is 13.2. The first kappa shape index (κ1) is 20.1. The van der Waals surface area contributed by atoms with Gasteiger partial charge >= 0.3 is 0 Å². The number of thioether (sulfide) groups is 1. The van der Waals surface area contributed by atoms with E-state index in [9.17, 15) is 9.59 Å². The summed E-state index contributed by atoms with van der Waals surface area (Å²) in [4.78, 5) is 30.6. The molecule has 150 valence electrons. The van der Waals surface area contributed by atoms with Gasteiger partial charge in [0.1, 0.15) is 0 Å². The van der Waals surface area contributed by atoms with Gasteiger partial charge in [-0.1, -0.05) is 85.4 Å². The van der Waals surface area contributed by atoms with Gasteiger partial charge in [0.25, 0.3) is 5.56 Å². The Hall–Kier alpha value is -3.18. The van der Waals surface area contributed by atoms with Gasteiger partial charge in [0.05, 0.1) is 23.2 Å². The van der Waals surface area contributed by atoms with Crippen LogP contribution in [0.25, 0.3) is 10.9 Å². The molecule has 0 radical (unpaired) electrons. The normalized spacial score (nSPS) is 11.0. The number of aryl methyl sites for hydroxylation is 1. The van der Waals surface area contributed by atoms with E-state index in [0.717, 1.165) is 12.0 Å². The Morgan fingerprint density at radius 3 is 2.33 bits per heavy atom. The fourth-order valence-corrected chi connectivity index (χ4v) is 4.20. The predicted molar refractivity (Wildman–Crippen MR) is 122 cm³/mol. The van der Waals surface area contributed by atoms with Gasteiger partial charge in [-0.25, -0.2) is 4.98 Å². The highest BCUT2D eigenvalue weighted by Gasteiger charge is 2.14. The monoisotopic (exact) mass is 414 g/mol. The summed E-state index contributed by atoms with van der Waals surface area (Å²) in [6.07, 6.45) is 0.940. The molecule has 5 heteroatoms. The Morgan fingerprint density at radius 1 is 0.900 bits per heavy atom. The van der Waals surface area contributed by atoms with Crippen LogP contribution in [0.4, 0.5) is 0 Å². The second-order valence-electron chi connectivity index (χ2n) is 7.05. The van der Waals surface area contributed by atoms with E-state index in [1.54, 1.807) is 10.6 Å². The molecule has 30 heavy (non-hydrogen) atoms. The zero-order valence-electron chi connectivity index (χ0n) is 16.7. The lowest BCUT2D eigenvalue weighted by Crippen LogP contribution is -2.24. The van der Waals surface area contributed by atoms with Crippen molar-refractivity contribution in [3.63, 3.8) is 0 Å². The summed E-state index contributed by atoms with van der Waals surface area (Å²) in [5.41, 5.74) is 3.45. The molecule has 3 aromatic carbocycles. The molecule has 0 aliphatic rings. The number of ketones is 1. The fraction of sp³-hybridized carbons (Fsp3) is 0.160. The van der Waals surface area contributed by atoms with Crippen LogP contribution in [0.15, 0.2) is 88.8 Å². The van der Waals surface area contributed by atoms with E-state index in [1.807, 2.05) is 72.8 Å². The molecule has 4 aromatic rings. The molecule has 4 nitrogen and oxygen atoms in total. The van der Waals surface area contributed by atoms with Crippen molar-refractivity contribution in [3.05, 3.63) is 106 Å². The van der Waals surface area contributed by atoms with Crippen molar-refractivity contribution in [3.8, 4) is 0 Å². The number of fused-ring (bicyclic) bond motifs is 1. The van der Waals surface area contributed by atoms with Crippen LogP contribution in [0.5, 0.6) is 0 Å². The Bertz CT molecular complexity index is 1230. The molecule has 4 rings (SSSR count). The smallest absolute Gasteiger partial charge is 0.262 e. The van der Waals surface area contributed by atoms with Gasteiger partial charge < -0.3 is 0 Å². The molecular formula is C25H22N2O2S. The summed E-state index contributed by atoms with van der Waals surface area (Å²) in [6.45, 7) is 2.50. The maximum Gasteiger partial charge on any atom is 0.262 e. The zero-order chi connectivity index (χ0) is 20.9. The summed E-state index contributed by atoms with van der Waals surface area (Å²) in [7, 11) is 0. The lowest BCUT2D eigenvalue weighted by Gasteiger charge is -2.13. The molecular weight excluding hydrogens is 392 g/mol. The molecule has 1 aromatic heterocycles. The molecule has 0 bridgehead atoms. The van der Waals surface area contributed by atoms with E-state index >= 15 is 0 Å². The number of carbonyl (C=O) groups excluding carboxylic acids is 1. The number of rotatable bonds is 7. The third-order valence-corrected chi connectivity index (χ3v) is 6.00. The van der Waals surface area contributed by atoms with Crippen LogP contribution in [0.1, 0.15) is 28.4 Å². The summed E-state index contributed by atoms with van der Waals surface area (Å²) in [6, 6.07) is 24.8. The van der Waals surface area contributed by atoms with Crippen molar-refractivity contribution in [2.45, 2.75) is 25.0 Å². The lowest BCUT2D eigenvalue weighted by molar-refractivity contribution is 0.102. The molecule has 0 saturated carbocycles. The number of carbonyl (C=O) groups is 1. The molecule has 0 aliphatic heterocycles. The van der Waals surface area contributed by atoms with Crippen molar-refractivity contribution in [1.82, 2.24) is 9.55 Å². The van der Waals surface area contributed by atoms with Gasteiger partial charge in [0, 0.05) is 5.56 Å². The Balaban J connectivity index is 1.65. The number of nitrogens with zero attached hydrogens (tertiary/aromatic N) is 2. The number of benzene rings is 3. The molecule has 0 N–H and O–H groups in total. The minimum atomic E-state index is -0.0910. The summed E-state index contributed by atoms with van der Waals surface area (Å²) in [5.74, 6) is 0.252. The summed E-state index contributed by atoms with van der Waals surface area (Å²) in [5, 5.41) is 1.14. The van der Waals surface area contributed by atoms with E-state index in [-0.39, 0.29) is 17.1 Å². The SMILES string of the molecule is CCc1ccc(C(=O)CSc2nc3ccccc3c(=O)n2Cc2ccccc2)cc1. The van der Waals surface area contributed by atoms with Crippen LogP contribution in [-0.4, -0.2) is 21.1 Å². The maximum absolute atomic E-state index is 13.2. The fourth-order valence-electron chi connectivity index (χ4n) is 3.30. The van der Waals surface area contributed by atoms with Crippen LogP contribution in [0.2, 0.25) is 0 Å². The average Bonchev–Trinajstić information content (AvgIpc) is 2.80. The molecule has 0 aliphatic carbocycles. The van der Waals surface area contributed by atoms with Gasteiger partial charge in [-0.15, -0.1) is 0 Å². The van der Waals surface area contributed by atoms with E-state index in [2.05, 4.69) is 6.92 Å². The second-order valence-corrected chi connectivity index (χ2v) is 7.99. The van der Waals surface area contributed by atoms with E-state index in [1.165, 1.54) is 17.3 Å². The Morgan fingerprint density at radius 2 is 1.60 bits per heavy atom. The number of hydrogen-bond donors (Lipinski definition) is 0. The van der Waals surface area contributed by atoms with Crippen LogP contribution in [-0.2, 0) is 13.0 Å². The van der Waals surface area contributed by atoms with Crippen molar-refractivity contribution in [1.29, 1.82) is 0 Å². The number of Topliss-reactive ketones (excluding diaryl/α,β-unsaturated/α-hetero) is 1. The minimum Gasteiger partial charge on any atom is -0.293 e. The van der Waals surface area contributed by atoms with Crippen molar-refractivity contribution >= 4 is 28.4 Å². The van der Waals surface area contributed by atoms with Crippen molar-refractivity contribution < 1.29 is 4.79 Å². The van der Waals surface area contributed by atoms with Crippen LogP contribution in [0, 0.1) is 0 Å². The minimum absolute atomic E-state index is 0.0244. The molecule has 0 spiro atoms. The standard InChI is InChI=1S/C25H22N2O2S/c1-2-18-12-14-20(15-13-18)23(28)17-30-25-26-22-11-7-6-10-21(22)24(29)27(25)16-19-8-4-3-5-9-19/h3-15H,2,16-17H2,1H3. The third kappa shape index (κ3) is 4.36. The molecule has 0 fully saturated rings. The Labute approximate surface area is 179 Å².